The van der Waals surface area contributed by atoms with Crippen LogP contribution >= 0.6 is 0 Å². The third kappa shape index (κ3) is 3.43. The van der Waals surface area contributed by atoms with Crippen LogP contribution in [0.15, 0.2) is 24.4 Å². The molecule has 2 aliphatic rings. The molecule has 0 spiro atoms. The number of hydrogen-bond acceptors (Lipinski definition) is 4. The predicted molar refractivity (Wildman–Crippen MR) is 91.0 cm³/mol. The molecule has 24 heavy (non-hydrogen) atoms. The van der Waals surface area contributed by atoms with Crippen LogP contribution in [0.5, 0.6) is 0 Å². The van der Waals surface area contributed by atoms with Gasteiger partial charge in [-0.05, 0) is 64.2 Å². The van der Waals surface area contributed by atoms with E-state index in [9.17, 15) is 4.79 Å². The number of nitrogens with zero attached hydrogens (tertiary/aromatic N) is 3. The summed E-state index contributed by atoms with van der Waals surface area (Å²) in [6.45, 7) is 5.69. The van der Waals surface area contributed by atoms with Gasteiger partial charge >= 0.3 is 6.09 Å². The van der Waals surface area contributed by atoms with E-state index in [1.54, 1.807) is 12.3 Å². The fourth-order valence-corrected chi connectivity index (χ4v) is 3.47. The van der Waals surface area contributed by atoms with Crippen LogP contribution in [0, 0.1) is 11.3 Å². The largest absolute Gasteiger partial charge is 0.444 e. The lowest BCUT2D eigenvalue weighted by atomic mass is 9.84. The van der Waals surface area contributed by atoms with Crippen molar-refractivity contribution >= 4 is 11.7 Å². The minimum atomic E-state index is -0.482. The minimum absolute atomic E-state index is 0.0693. The van der Waals surface area contributed by atoms with Gasteiger partial charge in [-0.3, -0.25) is 9.88 Å². The average Bonchev–Trinajstić information content (AvgIpc) is 2.52. The number of nitriles is 1. The standard InChI is InChI=1S/C19H23N3O2/c1-19(2,3)24-18(23)22-15-5-4-6-16(22)10-14(9-15)17-8-7-13(11-20)12-21-17/h7-9,12,15-16H,4-6,10H2,1-3H3. The molecule has 0 aromatic carbocycles. The molecule has 3 rings (SSSR count). The second-order valence-corrected chi connectivity index (χ2v) is 7.48. The Morgan fingerprint density at radius 2 is 2.17 bits per heavy atom. The highest BCUT2D eigenvalue weighted by Gasteiger charge is 2.39. The van der Waals surface area contributed by atoms with Crippen molar-refractivity contribution in [2.24, 2.45) is 0 Å². The van der Waals surface area contributed by atoms with Gasteiger partial charge in [0.1, 0.15) is 11.7 Å². The number of carbonyl (C=O) groups is 1. The summed E-state index contributed by atoms with van der Waals surface area (Å²) in [4.78, 5) is 18.9. The molecule has 0 N–H and O–H groups in total. The summed E-state index contributed by atoms with van der Waals surface area (Å²) in [6, 6.07) is 6.00. The lowest BCUT2D eigenvalue weighted by Gasteiger charge is -2.45. The van der Waals surface area contributed by atoms with Gasteiger partial charge in [-0.15, -0.1) is 0 Å². The zero-order valence-corrected chi connectivity index (χ0v) is 14.5. The van der Waals surface area contributed by atoms with E-state index >= 15 is 0 Å². The van der Waals surface area contributed by atoms with Crippen molar-refractivity contribution in [3.05, 3.63) is 35.7 Å². The number of piperidine rings is 1. The van der Waals surface area contributed by atoms with Gasteiger partial charge in [0, 0.05) is 12.2 Å². The second-order valence-electron chi connectivity index (χ2n) is 7.48. The Morgan fingerprint density at radius 1 is 1.38 bits per heavy atom. The van der Waals surface area contributed by atoms with E-state index in [-0.39, 0.29) is 18.2 Å². The van der Waals surface area contributed by atoms with Crippen molar-refractivity contribution in [2.45, 2.75) is 64.1 Å². The third-order valence-electron chi connectivity index (χ3n) is 4.46. The molecule has 1 aromatic rings. The molecule has 0 saturated carbocycles. The summed E-state index contributed by atoms with van der Waals surface area (Å²) in [5, 5.41) is 8.90. The molecular formula is C19H23N3O2. The summed E-state index contributed by atoms with van der Waals surface area (Å²) in [6.07, 6.45) is 7.38. The van der Waals surface area contributed by atoms with Crippen molar-refractivity contribution in [3.63, 3.8) is 0 Å². The highest BCUT2D eigenvalue weighted by molar-refractivity contribution is 5.74. The smallest absolute Gasteiger partial charge is 0.411 e. The molecule has 1 amide bonds. The van der Waals surface area contributed by atoms with E-state index in [4.69, 9.17) is 10.00 Å². The summed E-state index contributed by atoms with van der Waals surface area (Å²) in [5.74, 6) is 0. The highest BCUT2D eigenvalue weighted by Crippen LogP contribution is 2.37. The van der Waals surface area contributed by atoms with Gasteiger partial charge in [0.05, 0.1) is 17.3 Å². The lowest BCUT2D eigenvalue weighted by Crippen LogP contribution is -2.53. The number of carbonyl (C=O) groups excluding carboxylic acids is 1. The Labute approximate surface area is 142 Å². The van der Waals surface area contributed by atoms with Gasteiger partial charge in [0.2, 0.25) is 0 Å². The molecule has 5 heteroatoms. The number of pyridine rings is 1. The Morgan fingerprint density at radius 3 is 2.75 bits per heavy atom. The highest BCUT2D eigenvalue weighted by atomic mass is 16.6. The van der Waals surface area contributed by atoms with E-state index in [1.165, 1.54) is 0 Å². The zero-order valence-electron chi connectivity index (χ0n) is 14.5. The molecule has 0 aliphatic carbocycles. The SMILES string of the molecule is CC(C)(C)OC(=O)N1C2C=C(c3ccc(C#N)cn3)CC1CCC2. The molecule has 2 atom stereocenters. The summed E-state index contributed by atoms with van der Waals surface area (Å²) in [5.41, 5.74) is 2.14. The van der Waals surface area contributed by atoms with Crippen molar-refractivity contribution in [1.29, 1.82) is 5.26 Å². The first-order valence-electron chi connectivity index (χ1n) is 8.46. The Balaban J connectivity index is 1.84. The number of hydrogen-bond donors (Lipinski definition) is 0. The van der Waals surface area contributed by atoms with Crippen LogP contribution in [-0.2, 0) is 4.74 Å². The maximum atomic E-state index is 12.6. The summed E-state index contributed by atoms with van der Waals surface area (Å²) >= 11 is 0. The fraction of sp³-hybridized carbons (Fsp3) is 0.526. The van der Waals surface area contributed by atoms with E-state index < -0.39 is 5.60 Å². The Hall–Kier alpha value is -2.35. The van der Waals surface area contributed by atoms with E-state index in [2.05, 4.69) is 17.1 Å². The van der Waals surface area contributed by atoms with Gasteiger partial charge in [-0.2, -0.15) is 5.26 Å². The first kappa shape index (κ1) is 16.5. The quantitative estimate of drug-likeness (QED) is 0.785. The fourth-order valence-electron chi connectivity index (χ4n) is 3.47. The van der Waals surface area contributed by atoms with Gasteiger partial charge < -0.3 is 4.74 Å². The lowest BCUT2D eigenvalue weighted by molar-refractivity contribution is 0.0000669. The van der Waals surface area contributed by atoms with Crippen LogP contribution in [0.2, 0.25) is 0 Å². The molecule has 126 valence electrons. The maximum Gasteiger partial charge on any atom is 0.411 e. The summed E-state index contributed by atoms with van der Waals surface area (Å²) in [7, 11) is 0. The normalized spacial score (nSPS) is 23.2. The van der Waals surface area contributed by atoms with E-state index in [0.29, 0.717) is 5.56 Å². The van der Waals surface area contributed by atoms with Gasteiger partial charge in [-0.1, -0.05) is 6.08 Å². The van der Waals surface area contributed by atoms with Gasteiger partial charge in [0.25, 0.3) is 0 Å². The van der Waals surface area contributed by atoms with Gasteiger partial charge in [-0.25, -0.2) is 4.79 Å². The van der Waals surface area contributed by atoms with Crippen molar-refractivity contribution in [2.75, 3.05) is 0 Å². The van der Waals surface area contributed by atoms with Crippen LogP contribution in [-0.4, -0.2) is 33.7 Å². The molecule has 2 aliphatic heterocycles. The van der Waals surface area contributed by atoms with Crippen LogP contribution < -0.4 is 0 Å². The van der Waals surface area contributed by atoms with Gasteiger partial charge in [0.15, 0.2) is 0 Å². The van der Waals surface area contributed by atoms with Crippen molar-refractivity contribution in [1.82, 2.24) is 9.88 Å². The maximum absolute atomic E-state index is 12.6. The number of fused-ring (bicyclic) bond motifs is 2. The molecule has 5 nitrogen and oxygen atoms in total. The third-order valence-corrected chi connectivity index (χ3v) is 4.46. The predicted octanol–water partition coefficient (Wildman–Crippen LogP) is 3.90. The molecule has 1 saturated heterocycles. The second kappa shape index (κ2) is 6.27. The number of aromatic nitrogens is 1. The average molecular weight is 325 g/mol. The van der Waals surface area contributed by atoms with E-state index in [1.807, 2.05) is 31.7 Å². The molecule has 3 heterocycles. The van der Waals surface area contributed by atoms with Crippen LogP contribution in [0.25, 0.3) is 5.57 Å². The minimum Gasteiger partial charge on any atom is -0.444 e. The Bertz CT molecular complexity index is 695. The molecule has 1 aromatic heterocycles. The zero-order chi connectivity index (χ0) is 17.3. The number of amides is 1. The first-order chi connectivity index (χ1) is 11.4. The van der Waals surface area contributed by atoms with Crippen molar-refractivity contribution in [3.8, 4) is 6.07 Å². The molecule has 1 fully saturated rings. The molecule has 0 radical (unpaired) electrons. The number of rotatable bonds is 1. The molecule has 2 bridgehead atoms. The molecular weight excluding hydrogens is 302 g/mol. The molecule has 2 unspecified atom stereocenters. The van der Waals surface area contributed by atoms with Crippen LogP contribution in [0.4, 0.5) is 4.79 Å². The monoisotopic (exact) mass is 325 g/mol. The Kier molecular flexibility index (Phi) is 4.31. The van der Waals surface area contributed by atoms with Crippen LogP contribution in [0.3, 0.4) is 0 Å². The van der Waals surface area contributed by atoms with Crippen molar-refractivity contribution < 1.29 is 9.53 Å². The van der Waals surface area contributed by atoms with Crippen LogP contribution in [0.1, 0.15) is 57.7 Å². The summed E-state index contributed by atoms with van der Waals surface area (Å²) < 4.78 is 5.59. The number of ether oxygens (including phenoxy) is 1. The van der Waals surface area contributed by atoms with E-state index in [0.717, 1.165) is 37.0 Å². The topological polar surface area (TPSA) is 66.2 Å². The first-order valence-corrected chi connectivity index (χ1v) is 8.46.